The van der Waals surface area contributed by atoms with Gasteiger partial charge in [0.2, 0.25) is 5.95 Å². The third kappa shape index (κ3) is 3.24. The molecule has 1 saturated carbocycles. The molecule has 1 heterocycles. The molecule has 0 radical (unpaired) electrons. The van der Waals surface area contributed by atoms with E-state index in [1.807, 2.05) is 0 Å². The first-order chi connectivity index (χ1) is 8.45. The maximum atomic E-state index is 12.5. The highest BCUT2D eigenvalue weighted by atomic mass is 19.4. The highest BCUT2D eigenvalue weighted by molar-refractivity contribution is 5.41. The molecule has 0 amide bonds. The Morgan fingerprint density at radius 2 is 2.06 bits per heavy atom. The molecule has 7 heteroatoms. The Kier molecular flexibility index (Phi) is 3.58. The summed E-state index contributed by atoms with van der Waals surface area (Å²) in [5, 5.41) is 2.87. The van der Waals surface area contributed by atoms with E-state index in [1.165, 1.54) is 19.3 Å². The van der Waals surface area contributed by atoms with Crippen molar-refractivity contribution in [2.45, 2.75) is 31.9 Å². The molecule has 18 heavy (non-hydrogen) atoms. The molecule has 3 N–H and O–H groups in total. The first-order valence-corrected chi connectivity index (χ1v) is 5.91. The van der Waals surface area contributed by atoms with Crippen LogP contribution in [0, 0.1) is 5.92 Å². The fourth-order valence-corrected chi connectivity index (χ4v) is 1.89. The van der Waals surface area contributed by atoms with Crippen molar-refractivity contribution in [3.8, 4) is 0 Å². The Morgan fingerprint density at radius 3 is 2.61 bits per heavy atom. The average molecular weight is 260 g/mol. The number of aromatic nitrogens is 2. The molecule has 0 atom stereocenters. The van der Waals surface area contributed by atoms with Crippen LogP contribution in [0.3, 0.4) is 0 Å². The number of halogens is 3. The van der Waals surface area contributed by atoms with Crippen LogP contribution in [-0.2, 0) is 6.18 Å². The molecular weight excluding hydrogens is 245 g/mol. The zero-order valence-corrected chi connectivity index (χ0v) is 9.80. The van der Waals surface area contributed by atoms with Crippen LogP contribution in [0.4, 0.5) is 24.9 Å². The lowest BCUT2D eigenvalue weighted by Gasteiger charge is -2.25. The Hall–Kier alpha value is -1.53. The molecule has 1 aliphatic rings. The summed E-state index contributed by atoms with van der Waals surface area (Å²) >= 11 is 0. The van der Waals surface area contributed by atoms with Gasteiger partial charge in [0.1, 0.15) is 5.82 Å². The minimum absolute atomic E-state index is 0.133. The normalized spacial score (nSPS) is 16.4. The SMILES string of the molecule is Nc1nc(NCCC2CCC2)cc(C(F)(F)F)n1. The molecule has 0 saturated heterocycles. The van der Waals surface area contributed by atoms with Gasteiger partial charge < -0.3 is 11.1 Å². The van der Waals surface area contributed by atoms with Gasteiger partial charge in [0.25, 0.3) is 0 Å². The fourth-order valence-electron chi connectivity index (χ4n) is 1.89. The molecule has 0 bridgehead atoms. The third-order valence-corrected chi connectivity index (χ3v) is 3.12. The van der Waals surface area contributed by atoms with E-state index in [0.29, 0.717) is 12.5 Å². The van der Waals surface area contributed by atoms with E-state index in [4.69, 9.17) is 5.73 Å². The fraction of sp³-hybridized carbons (Fsp3) is 0.636. The number of nitrogens with zero attached hydrogens (tertiary/aromatic N) is 2. The van der Waals surface area contributed by atoms with Gasteiger partial charge in [-0.05, 0) is 12.3 Å². The van der Waals surface area contributed by atoms with Crippen molar-refractivity contribution in [3.63, 3.8) is 0 Å². The molecule has 0 unspecified atom stereocenters. The van der Waals surface area contributed by atoms with E-state index in [1.54, 1.807) is 0 Å². The lowest BCUT2D eigenvalue weighted by molar-refractivity contribution is -0.141. The van der Waals surface area contributed by atoms with Crippen LogP contribution in [0.1, 0.15) is 31.4 Å². The average Bonchev–Trinajstić information content (AvgIpc) is 2.20. The summed E-state index contributed by atoms with van der Waals surface area (Å²) in [6.07, 6.45) is 0.124. The minimum atomic E-state index is -4.50. The molecule has 0 aliphatic heterocycles. The van der Waals surface area contributed by atoms with Crippen LogP contribution in [-0.4, -0.2) is 16.5 Å². The van der Waals surface area contributed by atoms with Gasteiger partial charge in [-0.2, -0.15) is 18.2 Å². The molecule has 1 aromatic heterocycles. The highest BCUT2D eigenvalue weighted by Gasteiger charge is 2.33. The van der Waals surface area contributed by atoms with Crippen LogP contribution >= 0.6 is 0 Å². The monoisotopic (exact) mass is 260 g/mol. The smallest absolute Gasteiger partial charge is 0.370 e. The quantitative estimate of drug-likeness (QED) is 0.873. The van der Waals surface area contributed by atoms with Gasteiger partial charge in [-0.25, -0.2) is 4.98 Å². The lowest BCUT2D eigenvalue weighted by atomic mass is 9.83. The van der Waals surface area contributed by atoms with Crippen molar-refractivity contribution >= 4 is 11.8 Å². The van der Waals surface area contributed by atoms with Crippen molar-refractivity contribution < 1.29 is 13.2 Å². The lowest BCUT2D eigenvalue weighted by Crippen LogP contribution is -2.17. The Bertz CT molecular complexity index is 415. The summed E-state index contributed by atoms with van der Waals surface area (Å²) < 4.78 is 37.5. The van der Waals surface area contributed by atoms with Crippen LogP contribution in [0.15, 0.2) is 6.07 Å². The molecule has 1 aliphatic carbocycles. The zero-order valence-electron chi connectivity index (χ0n) is 9.80. The number of anilines is 2. The minimum Gasteiger partial charge on any atom is -0.370 e. The molecule has 1 aromatic rings. The topological polar surface area (TPSA) is 63.8 Å². The van der Waals surface area contributed by atoms with Crippen molar-refractivity contribution in [1.29, 1.82) is 0 Å². The van der Waals surface area contributed by atoms with Crippen LogP contribution < -0.4 is 11.1 Å². The van der Waals surface area contributed by atoms with Gasteiger partial charge in [-0.1, -0.05) is 19.3 Å². The summed E-state index contributed by atoms with van der Waals surface area (Å²) in [5.74, 6) is 0.462. The van der Waals surface area contributed by atoms with Crippen molar-refractivity contribution in [3.05, 3.63) is 11.8 Å². The maximum Gasteiger partial charge on any atom is 0.433 e. The predicted octanol–water partition coefficient (Wildman–Crippen LogP) is 2.68. The van der Waals surface area contributed by atoms with Gasteiger partial charge in [0.05, 0.1) is 0 Å². The van der Waals surface area contributed by atoms with Gasteiger partial charge in [0, 0.05) is 12.6 Å². The second-order valence-electron chi connectivity index (χ2n) is 4.51. The summed E-state index contributed by atoms with van der Waals surface area (Å²) in [4.78, 5) is 6.92. The molecule has 2 rings (SSSR count). The second kappa shape index (κ2) is 4.99. The predicted molar refractivity (Wildman–Crippen MR) is 61.9 cm³/mol. The number of hydrogen-bond acceptors (Lipinski definition) is 4. The van der Waals surface area contributed by atoms with Crippen LogP contribution in [0.5, 0.6) is 0 Å². The van der Waals surface area contributed by atoms with E-state index in [2.05, 4.69) is 15.3 Å². The largest absolute Gasteiger partial charge is 0.433 e. The molecular formula is C11H15F3N4. The highest BCUT2D eigenvalue weighted by Crippen LogP contribution is 2.30. The first-order valence-electron chi connectivity index (χ1n) is 5.91. The standard InChI is InChI=1S/C11H15F3N4/c12-11(13,14)8-6-9(18-10(15)17-8)16-5-4-7-2-1-3-7/h6-7H,1-5H2,(H3,15,16,17,18). The van der Waals surface area contributed by atoms with Crippen molar-refractivity contribution in [2.75, 3.05) is 17.6 Å². The number of nitrogens with one attached hydrogen (secondary N) is 1. The molecule has 4 nitrogen and oxygen atoms in total. The maximum absolute atomic E-state index is 12.5. The van der Waals surface area contributed by atoms with Gasteiger partial charge in [-0.3, -0.25) is 0 Å². The third-order valence-electron chi connectivity index (χ3n) is 3.12. The van der Waals surface area contributed by atoms with E-state index < -0.39 is 11.9 Å². The molecule has 0 aromatic carbocycles. The van der Waals surface area contributed by atoms with Crippen molar-refractivity contribution in [1.82, 2.24) is 9.97 Å². The van der Waals surface area contributed by atoms with E-state index >= 15 is 0 Å². The zero-order chi connectivity index (χ0) is 13.2. The van der Waals surface area contributed by atoms with Gasteiger partial charge >= 0.3 is 6.18 Å². The first kappa shape index (κ1) is 12.9. The summed E-state index contributed by atoms with van der Waals surface area (Å²) in [6.45, 7) is 0.610. The van der Waals surface area contributed by atoms with Crippen LogP contribution in [0.2, 0.25) is 0 Å². The van der Waals surface area contributed by atoms with Gasteiger partial charge in [-0.15, -0.1) is 0 Å². The van der Waals surface area contributed by atoms with Crippen molar-refractivity contribution in [2.24, 2.45) is 5.92 Å². The molecule has 0 spiro atoms. The molecule has 100 valence electrons. The van der Waals surface area contributed by atoms with E-state index in [0.717, 1.165) is 12.5 Å². The number of nitrogens with two attached hydrogens (primary N) is 1. The Balaban J connectivity index is 1.96. The van der Waals surface area contributed by atoms with E-state index in [9.17, 15) is 13.2 Å². The number of alkyl halides is 3. The summed E-state index contributed by atoms with van der Waals surface area (Å²) in [5.41, 5.74) is 4.25. The van der Waals surface area contributed by atoms with E-state index in [-0.39, 0.29) is 11.8 Å². The summed E-state index contributed by atoms with van der Waals surface area (Å²) in [7, 11) is 0. The number of hydrogen-bond donors (Lipinski definition) is 2. The molecule has 1 fully saturated rings. The van der Waals surface area contributed by atoms with Gasteiger partial charge in [0.15, 0.2) is 5.69 Å². The number of rotatable bonds is 4. The second-order valence-corrected chi connectivity index (χ2v) is 4.51. The summed E-state index contributed by atoms with van der Waals surface area (Å²) in [6, 6.07) is 0.886. The number of nitrogen functional groups attached to an aromatic ring is 1. The van der Waals surface area contributed by atoms with Crippen LogP contribution in [0.25, 0.3) is 0 Å². The Morgan fingerprint density at radius 1 is 1.33 bits per heavy atom. The Labute approximate surface area is 103 Å².